The Morgan fingerprint density at radius 1 is 1.00 bits per heavy atom. The maximum atomic E-state index is 13.4. The summed E-state index contributed by atoms with van der Waals surface area (Å²) < 4.78 is 13.4. The summed E-state index contributed by atoms with van der Waals surface area (Å²) in [5, 5.41) is 3.08. The van der Waals surface area contributed by atoms with Gasteiger partial charge in [0.15, 0.2) is 0 Å². The van der Waals surface area contributed by atoms with Crippen LogP contribution in [-0.4, -0.2) is 37.4 Å². The minimum Gasteiger partial charge on any atom is -0.377 e. The zero-order valence-corrected chi connectivity index (χ0v) is 18.9. The lowest BCUT2D eigenvalue weighted by molar-refractivity contribution is -0.119. The van der Waals surface area contributed by atoms with Gasteiger partial charge in [-0.25, -0.2) is 4.39 Å². The van der Waals surface area contributed by atoms with E-state index in [-0.39, 0.29) is 23.5 Å². The van der Waals surface area contributed by atoms with Crippen molar-refractivity contribution in [3.63, 3.8) is 0 Å². The second kappa shape index (κ2) is 9.72. The summed E-state index contributed by atoms with van der Waals surface area (Å²) in [6.07, 6.45) is 6.40. The van der Waals surface area contributed by atoms with E-state index in [2.05, 4.69) is 5.32 Å². The number of nitrogens with zero attached hydrogens (tertiary/aromatic N) is 2. The zero-order valence-electron chi connectivity index (χ0n) is 18.9. The van der Waals surface area contributed by atoms with Crippen LogP contribution < -0.4 is 10.2 Å². The lowest BCUT2D eigenvalue weighted by Crippen LogP contribution is -2.33. The topological polar surface area (TPSA) is 52.7 Å². The Morgan fingerprint density at radius 3 is 2.31 bits per heavy atom. The number of amides is 2. The van der Waals surface area contributed by atoms with Crippen LogP contribution in [0.4, 0.5) is 15.8 Å². The Bertz CT molecular complexity index is 964. The van der Waals surface area contributed by atoms with Gasteiger partial charge in [-0.05, 0) is 79.6 Å². The lowest BCUT2D eigenvalue weighted by Gasteiger charge is -2.26. The number of rotatable bonds is 8. The minimum absolute atomic E-state index is 0.0864. The van der Waals surface area contributed by atoms with E-state index >= 15 is 0 Å². The van der Waals surface area contributed by atoms with Crippen molar-refractivity contribution in [2.75, 3.05) is 30.9 Å². The van der Waals surface area contributed by atoms with Crippen LogP contribution in [0.2, 0.25) is 0 Å². The summed E-state index contributed by atoms with van der Waals surface area (Å²) in [5.41, 5.74) is 3.25. The van der Waals surface area contributed by atoms with Gasteiger partial charge in [0, 0.05) is 50.0 Å². The van der Waals surface area contributed by atoms with Crippen LogP contribution in [0.25, 0.3) is 0 Å². The van der Waals surface area contributed by atoms with Crippen molar-refractivity contribution in [3.8, 4) is 0 Å². The average molecular weight is 438 g/mol. The maximum Gasteiger partial charge on any atom is 0.254 e. The minimum atomic E-state index is -0.351. The van der Waals surface area contributed by atoms with Gasteiger partial charge in [0.1, 0.15) is 5.82 Å². The molecule has 0 bridgehead atoms. The van der Waals surface area contributed by atoms with E-state index in [4.69, 9.17) is 0 Å². The fourth-order valence-electron chi connectivity index (χ4n) is 4.47. The van der Waals surface area contributed by atoms with Crippen LogP contribution in [-0.2, 0) is 11.3 Å². The molecule has 2 aliphatic carbocycles. The molecule has 0 atom stereocenters. The van der Waals surface area contributed by atoms with Gasteiger partial charge in [-0.1, -0.05) is 12.8 Å². The molecule has 1 N–H and O–H groups in total. The highest BCUT2D eigenvalue weighted by Gasteiger charge is 2.28. The zero-order chi connectivity index (χ0) is 22.7. The van der Waals surface area contributed by atoms with E-state index < -0.39 is 0 Å². The molecule has 0 spiro atoms. The van der Waals surface area contributed by atoms with E-state index in [1.807, 2.05) is 42.1 Å². The Kier molecular flexibility index (Phi) is 6.77. The lowest BCUT2D eigenvalue weighted by atomic mass is 10.1. The van der Waals surface area contributed by atoms with Crippen molar-refractivity contribution in [2.45, 2.75) is 45.1 Å². The van der Waals surface area contributed by atoms with Crippen LogP contribution in [0.3, 0.4) is 0 Å². The van der Waals surface area contributed by atoms with E-state index in [0.717, 1.165) is 55.5 Å². The molecular weight excluding hydrogens is 405 g/mol. The van der Waals surface area contributed by atoms with Gasteiger partial charge in [-0.2, -0.15) is 0 Å². The molecule has 2 aliphatic rings. The second-order valence-electron chi connectivity index (χ2n) is 9.34. The van der Waals surface area contributed by atoms with Crippen LogP contribution in [0.1, 0.15) is 54.4 Å². The van der Waals surface area contributed by atoms with Crippen molar-refractivity contribution in [2.24, 2.45) is 11.8 Å². The normalized spacial score (nSPS) is 16.1. The van der Waals surface area contributed by atoms with Gasteiger partial charge in [0.05, 0.1) is 0 Å². The Balaban J connectivity index is 1.57. The number of benzene rings is 2. The molecule has 0 saturated heterocycles. The summed E-state index contributed by atoms with van der Waals surface area (Å²) in [5.74, 6) is 0.257. The first-order valence-electron chi connectivity index (χ1n) is 11.6. The van der Waals surface area contributed by atoms with Gasteiger partial charge < -0.3 is 15.1 Å². The second-order valence-corrected chi connectivity index (χ2v) is 9.34. The third kappa shape index (κ3) is 5.47. The van der Waals surface area contributed by atoms with Crippen LogP contribution in [0.15, 0.2) is 42.5 Å². The van der Waals surface area contributed by atoms with Gasteiger partial charge in [-0.15, -0.1) is 0 Å². The first-order valence-corrected chi connectivity index (χ1v) is 11.6. The van der Waals surface area contributed by atoms with E-state index in [1.165, 1.54) is 12.1 Å². The van der Waals surface area contributed by atoms with Crippen molar-refractivity contribution in [1.82, 2.24) is 4.90 Å². The summed E-state index contributed by atoms with van der Waals surface area (Å²) in [6, 6.07) is 11.7. The molecule has 32 heavy (non-hydrogen) atoms. The number of hydrogen-bond acceptors (Lipinski definition) is 3. The number of hydrogen-bond donors (Lipinski definition) is 1. The Labute approximate surface area is 189 Å². The van der Waals surface area contributed by atoms with Crippen molar-refractivity contribution in [1.29, 1.82) is 0 Å². The predicted molar refractivity (Wildman–Crippen MR) is 125 cm³/mol. The summed E-state index contributed by atoms with van der Waals surface area (Å²) in [6.45, 7) is 1.12. The smallest absolute Gasteiger partial charge is 0.254 e. The molecule has 0 radical (unpaired) electrons. The van der Waals surface area contributed by atoms with E-state index in [9.17, 15) is 14.0 Å². The first kappa shape index (κ1) is 22.3. The fraction of sp³-hybridized carbons (Fsp3) is 0.462. The van der Waals surface area contributed by atoms with Gasteiger partial charge in [-0.3, -0.25) is 9.59 Å². The van der Waals surface area contributed by atoms with Crippen molar-refractivity contribution < 1.29 is 14.0 Å². The number of halogens is 1. The quantitative estimate of drug-likeness (QED) is 0.627. The predicted octanol–water partition coefficient (Wildman–Crippen LogP) is 5.07. The molecule has 0 aromatic heterocycles. The highest BCUT2D eigenvalue weighted by Crippen LogP contribution is 2.32. The van der Waals surface area contributed by atoms with E-state index in [0.29, 0.717) is 24.6 Å². The number of carbonyl (C=O) groups is 2. The van der Waals surface area contributed by atoms with Crippen LogP contribution >= 0.6 is 0 Å². The summed E-state index contributed by atoms with van der Waals surface area (Å²) in [7, 11) is 3.95. The molecule has 0 unspecified atom stereocenters. The number of carbonyl (C=O) groups excluding carboxylic acids is 2. The van der Waals surface area contributed by atoms with Crippen LogP contribution in [0, 0.1) is 17.7 Å². The highest BCUT2D eigenvalue weighted by molar-refractivity contribution is 5.95. The molecule has 170 valence electrons. The molecule has 0 heterocycles. The molecule has 6 heteroatoms. The summed E-state index contributed by atoms with van der Waals surface area (Å²) >= 11 is 0. The Morgan fingerprint density at radius 2 is 1.69 bits per heavy atom. The van der Waals surface area contributed by atoms with Gasteiger partial charge >= 0.3 is 0 Å². The highest BCUT2D eigenvalue weighted by atomic mass is 19.1. The monoisotopic (exact) mass is 437 g/mol. The SMILES string of the molecule is CN(C)c1ccc(NC(=O)C2CCCC2)cc1CN(CC1CC1)C(=O)c1ccc(F)cc1. The molecule has 2 fully saturated rings. The Hall–Kier alpha value is -2.89. The maximum absolute atomic E-state index is 13.4. The molecule has 2 aromatic carbocycles. The van der Waals surface area contributed by atoms with Crippen molar-refractivity contribution in [3.05, 3.63) is 59.4 Å². The van der Waals surface area contributed by atoms with E-state index in [1.54, 1.807) is 12.1 Å². The average Bonchev–Trinajstić information content (AvgIpc) is 3.41. The third-order valence-corrected chi connectivity index (χ3v) is 6.47. The molecular formula is C26H32FN3O2. The molecule has 2 aromatic rings. The number of nitrogens with one attached hydrogen (secondary N) is 1. The standard InChI is InChI=1S/C26H32FN3O2/c1-29(2)24-14-13-23(28-25(31)19-5-3-4-6-19)15-21(24)17-30(16-18-7-8-18)26(32)20-9-11-22(27)12-10-20/h9-15,18-19H,3-8,16-17H2,1-2H3,(H,28,31). The summed E-state index contributed by atoms with van der Waals surface area (Å²) in [4.78, 5) is 29.8. The number of anilines is 2. The molecule has 0 aliphatic heterocycles. The van der Waals surface area contributed by atoms with Gasteiger partial charge in [0.2, 0.25) is 5.91 Å². The largest absolute Gasteiger partial charge is 0.377 e. The van der Waals surface area contributed by atoms with Gasteiger partial charge in [0.25, 0.3) is 5.91 Å². The first-order chi connectivity index (χ1) is 15.4. The van der Waals surface area contributed by atoms with Crippen molar-refractivity contribution >= 4 is 23.2 Å². The third-order valence-electron chi connectivity index (χ3n) is 6.47. The molecule has 2 amide bonds. The fourth-order valence-corrected chi connectivity index (χ4v) is 4.47. The molecule has 4 rings (SSSR count). The molecule has 5 nitrogen and oxygen atoms in total. The molecule has 2 saturated carbocycles. The van der Waals surface area contributed by atoms with Crippen LogP contribution in [0.5, 0.6) is 0 Å².